The lowest BCUT2D eigenvalue weighted by molar-refractivity contribution is 0.0647. The molecule has 0 aliphatic heterocycles. The van der Waals surface area contributed by atoms with Gasteiger partial charge in [0.1, 0.15) is 0 Å². The van der Waals surface area contributed by atoms with E-state index in [1.807, 2.05) is 62.3 Å². The van der Waals surface area contributed by atoms with Crippen molar-refractivity contribution in [2.24, 2.45) is 76.9 Å². The van der Waals surface area contributed by atoms with Gasteiger partial charge in [-0.3, -0.25) is 0 Å². The number of hydrogen-bond donors (Lipinski definition) is 0. The van der Waals surface area contributed by atoms with Gasteiger partial charge in [0, 0.05) is 171 Å². The summed E-state index contributed by atoms with van der Waals surface area (Å²) in [5.74, 6) is 4.86. The average Bonchev–Trinajstić information content (AvgIpc) is 4.51. The van der Waals surface area contributed by atoms with E-state index in [2.05, 4.69) is 12.2 Å². The second kappa shape index (κ2) is 31.3. The molecule has 0 amide bonds. The Balaban J connectivity index is 0.000000175. The first-order chi connectivity index (χ1) is 37.7. The molecule has 0 N–H and O–H groups in total. The van der Waals surface area contributed by atoms with Gasteiger partial charge < -0.3 is 39.8 Å². The van der Waals surface area contributed by atoms with E-state index < -0.39 is 26.4 Å². The molecular formula is C55H80O9S12Si3. The number of thiocarbonyl (C=S) groups is 12. The van der Waals surface area contributed by atoms with Gasteiger partial charge >= 0.3 is 26.4 Å². The molecule has 438 valence electrons. The third kappa shape index (κ3) is 14.8. The van der Waals surface area contributed by atoms with Crippen LogP contribution in [0, 0.1) is 76.9 Å². The molecule has 0 aromatic carbocycles. The van der Waals surface area contributed by atoms with E-state index in [9.17, 15) is 0 Å². The van der Waals surface area contributed by atoms with Gasteiger partial charge in [0.25, 0.3) is 0 Å². The van der Waals surface area contributed by atoms with Crippen LogP contribution in [0.25, 0.3) is 0 Å². The zero-order valence-corrected chi connectivity index (χ0v) is 60.0. The number of hydrogen-bond acceptors (Lipinski definition) is 21. The molecule has 0 spiro atoms. The largest absolute Gasteiger partial charge is 0.500 e. The molecule has 0 radical (unpaired) electrons. The molecule has 9 rings (SSSR count). The van der Waals surface area contributed by atoms with Crippen molar-refractivity contribution in [3.8, 4) is 0 Å². The van der Waals surface area contributed by atoms with Gasteiger partial charge in [0.15, 0.2) is 0 Å². The normalized spacial score (nSPS) is 31.0. The highest BCUT2D eigenvalue weighted by molar-refractivity contribution is 7.93. The summed E-state index contributed by atoms with van der Waals surface area (Å²) in [6.07, 6.45) is 13.4. The van der Waals surface area contributed by atoms with Crippen molar-refractivity contribution < 1.29 is 39.8 Å². The van der Waals surface area contributed by atoms with E-state index in [-0.39, 0.29) is 53.3 Å². The van der Waals surface area contributed by atoms with E-state index in [4.69, 9.17) is 186 Å². The van der Waals surface area contributed by atoms with E-state index in [1.165, 1.54) is 25.7 Å². The quantitative estimate of drug-likeness (QED) is 0.0444. The highest BCUT2D eigenvalue weighted by atomic mass is 32.1. The van der Waals surface area contributed by atoms with E-state index in [1.54, 1.807) is 0 Å². The van der Waals surface area contributed by atoms with Crippen LogP contribution in [-0.2, 0) is 39.8 Å². The molecular weight excluding hydrogens is 1270 g/mol. The minimum atomic E-state index is -2.57. The highest BCUT2D eigenvalue weighted by Gasteiger charge is 2.57. The van der Waals surface area contributed by atoms with Gasteiger partial charge in [-0.25, -0.2) is 0 Å². The summed E-state index contributed by atoms with van der Waals surface area (Å²) in [5, 5.41) is 0. The van der Waals surface area contributed by atoms with Gasteiger partial charge in [0.05, 0.1) is 17.8 Å². The van der Waals surface area contributed by atoms with Crippen molar-refractivity contribution in [3.63, 3.8) is 0 Å². The molecule has 9 aliphatic rings. The Morgan fingerprint density at radius 3 is 0.823 bits per heavy atom. The number of fused-ring (bicyclic) bond motifs is 11. The lowest BCUT2D eigenvalue weighted by Crippen LogP contribution is -2.46. The summed E-state index contributed by atoms with van der Waals surface area (Å²) in [4.78, 5) is 10.4. The lowest BCUT2D eigenvalue weighted by Gasteiger charge is -2.29. The zero-order valence-electron chi connectivity index (χ0n) is 47.2. The third-order valence-electron chi connectivity index (χ3n) is 16.9. The molecule has 0 heterocycles. The summed E-state index contributed by atoms with van der Waals surface area (Å²) in [6, 6.07) is 2.28. The molecule has 0 saturated heterocycles. The minimum absolute atomic E-state index is 0.0375. The summed E-state index contributed by atoms with van der Waals surface area (Å²) in [6.45, 7) is 23.1. The van der Waals surface area contributed by atoms with Crippen LogP contribution in [0.1, 0.15) is 107 Å². The predicted molar refractivity (Wildman–Crippen MR) is 374 cm³/mol. The Hall–Kier alpha value is 1.11. The Morgan fingerprint density at radius 1 is 0.354 bits per heavy atom. The van der Waals surface area contributed by atoms with Crippen molar-refractivity contribution in [2.45, 2.75) is 125 Å². The molecule has 24 heteroatoms. The molecule has 8 fully saturated rings. The maximum absolute atomic E-state index is 6.09. The molecule has 13 unspecified atom stereocenters. The summed E-state index contributed by atoms with van der Waals surface area (Å²) in [5.41, 5.74) is 0. The molecule has 79 heavy (non-hydrogen) atoms. The molecule has 8 bridgehead atoms. The van der Waals surface area contributed by atoms with E-state index in [0.717, 1.165) is 119 Å². The Kier molecular flexibility index (Phi) is 27.5. The van der Waals surface area contributed by atoms with Crippen molar-refractivity contribution in [1.29, 1.82) is 0 Å². The van der Waals surface area contributed by atoms with E-state index in [0.29, 0.717) is 59.5 Å². The lowest BCUT2D eigenvalue weighted by atomic mass is 9.86. The molecule has 9 aliphatic carbocycles. The third-order valence-corrected chi connectivity index (χ3v) is 32.1. The minimum Gasteiger partial charge on any atom is -0.374 e. The maximum Gasteiger partial charge on any atom is 0.500 e. The van der Waals surface area contributed by atoms with Gasteiger partial charge in [-0.2, -0.15) is 0 Å². The summed E-state index contributed by atoms with van der Waals surface area (Å²) < 4.78 is 53.2. The van der Waals surface area contributed by atoms with Crippen molar-refractivity contribution in [1.82, 2.24) is 0 Å². The monoisotopic (exact) mass is 1350 g/mol. The van der Waals surface area contributed by atoms with Crippen molar-refractivity contribution >= 4 is 231 Å². The first-order valence-corrected chi connectivity index (χ1v) is 39.3. The van der Waals surface area contributed by atoms with Crippen molar-refractivity contribution in [3.05, 3.63) is 12.2 Å². The van der Waals surface area contributed by atoms with Crippen LogP contribution in [0.15, 0.2) is 12.2 Å². The van der Waals surface area contributed by atoms with E-state index >= 15 is 0 Å². The van der Waals surface area contributed by atoms with Crippen LogP contribution in [0.5, 0.6) is 0 Å². The average molecular weight is 1350 g/mol. The fourth-order valence-corrected chi connectivity index (χ4v) is 26.2. The van der Waals surface area contributed by atoms with Crippen LogP contribution in [-0.4, -0.2) is 144 Å². The van der Waals surface area contributed by atoms with Gasteiger partial charge in [0.2, 0.25) is 0 Å². The molecule has 13 atom stereocenters. The van der Waals surface area contributed by atoms with Crippen LogP contribution in [0.3, 0.4) is 0 Å². The molecule has 8 saturated carbocycles. The second-order valence-electron chi connectivity index (χ2n) is 21.0. The zero-order chi connectivity index (χ0) is 58.1. The topological polar surface area (TPSA) is 83.1 Å². The summed E-state index contributed by atoms with van der Waals surface area (Å²) in [7, 11) is -7.70. The fraction of sp³-hybridized carbons (Fsp3) is 0.745. The van der Waals surface area contributed by atoms with Crippen molar-refractivity contribution in [2.75, 3.05) is 59.5 Å². The van der Waals surface area contributed by atoms with Gasteiger partial charge in [-0.05, 0) is 104 Å². The number of rotatable bonds is 27. The van der Waals surface area contributed by atoms with Crippen LogP contribution in [0.2, 0.25) is 18.1 Å². The van der Waals surface area contributed by atoms with Gasteiger partial charge in [-0.1, -0.05) is 186 Å². The molecule has 0 aromatic heterocycles. The molecule has 9 nitrogen and oxygen atoms in total. The Morgan fingerprint density at radius 2 is 0.608 bits per heavy atom. The molecule has 0 aromatic rings. The predicted octanol–water partition coefficient (Wildman–Crippen LogP) is 13.9. The highest BCUT2D eigenvalue weighted by Crippen LogP contribution is 2.55. The Labute approximate surface area is 539 Å². The van der Waals surface area contributed by atoms with Gasteiger partial charge in [-0.15, -0.1) is 0 Å². The standard InChI is InChI=1S/3C15H22O3S4Si.C10H14/c3*1-4-16-23(6-3,17-5-2)18-8-7-9-10-13(20)11(12(9)19)15(22)14(10)21;1-2-9-7-4-5-8(6-7)10(9)3-1/h3*9-11H,4-8H2,1-3H3;4-5,7-10H,1-3,6H2. The number of allylic oxidation sites excluding steroid dienone is 2. The first-order valence-electron chi connectivity index (χ1n) is 28.6. The second-order valence-corrected chi connectivity index (χ2v) is 35.3. The summed E-state index contributed by atoms with van der Waals surface area (Å²) >= 11 is 65.9. The maximum atomic E-state index is 6.09. The Bertz CT molecular complexity index is 2160. The first kappa shape index (κ1) is 69.2. The van der Waals surface area contributed by atoms with Crippen LogP contribution < -0.4 is 0 Å². The smallest absolute Gasteiger partial charge is 0.374 e. The SMILES string of the molecule is C1=CC2CC1C1CCCC21.CCO[Si](CC)(OCC)OCCC1C(=S)C2C(=S)C(=S)C1C2=S.CCO[Si](CC)(OCC)OCCC1C(=S)C2C(=S)C(=S)C1C2=S.CCO[Si](CC)(OCC)OCCC1C(=S)C2C(=S)C(=S)C1C2=S. The van der Waals surface area contributed by atoms with Crippen LogP contribution >= 0.6 is 147 Å². The van der Waals surface area contributed by atoms with Crippen LogP contribution in [0.4, 0.5) is 0 Å². The fourth-order valence-electron chi connectivity index (χ4n) is 13.3.